The highest BCUT2D eigenvalue weighted by Crippen LogP contribution is 2.35. The Morgan fingerprint density at radius 1 is 1.05 bits per heavy atom. The summed E-state index contributed by atoms with van der Waals surface area (Å²) in [6, 6.07) is 21.4. The number of rotatable bonds is 8. The molecule has 0 radical (unpaired) electrons. The molecule has 5 aromatic rings. The largest absolute Gasteiger partial charge is 0.457 e. The van der Waals surface area contributed by atoms with E-state index in [0.717, 1.165) is 35.6 Å². The topological polar surface area (TPSA) is 106 Å². The first-order valence-corrected chi connectivity index (χ1v) is 14.3. The van der Waals surface area contributed by atoms with Crippen molar-refractivity contribution < 1.29 is 14.1 Å². The smallest absolute Gasteiger partial charge is 0.255 e. The van der Waals surface area contributed by atoms with Gasteiger partial charge in [-0.25, -0.2) is 19.2 Å². The number of nitrogens with two attached hydrogens (primary N) is 1. The minimum Gasteiger partial charge on any atom is -0.457 e. The van der Waals surface area contributed by atoms with Gasteiger partial charge in [0.1, 0.15) is 29.3 Å². The molecule has 2 N–H and O–H groups in total. The summed E-state index contributed by atoms with van der Waals surface area (Å²) < 4.78 is 9.84. The van der Waals surface area contributed by atoms with Gasteiger partial charge < -0.3 is 20.3 Å². The third-order valence-corrected chi connectivity index (χ3v) is 7.72. The number of aromatic nitrogens is 5. The molecule has 1 aliphatic rings. The number of amides is 1. The highest BCUT2D eigenvalue weighted by atomic mass is 16.5. The Hall–Kier alpha value is -5.25. The van der Waals surface area contributed by atoms with Crippen molar-refractivity contribution in [1.29, 1.82) is 0 Å². The summed E-state index contributed by atoms with van der Waals surface area (Å²) in [7, 11) is 4.00. The molecule has 0 aliphatic carbocycles. The van der Waals surface area contributed by atoms with Gasteiger partial charge in [-0.05, 0) is 49.2 Å². The summed E-state index contributed by atoms with van der Waals surface area (Å²) in [5, 5.41) is 5.71. The number of likely N-dealkylation sites (tertiary alicyclic amines) is 1. The van der Waals surface area contributed by atoms with E-state index in [2.05, 4.69) is 16.5 Å². The number of hydrogen-bond acceptors (Lipinski definition) is 7. The highest BCUT2D eigenvalue weighted by Gasteiger charge is 2.30. The van der Waals surface area contributed by atoms with Crippen LogP contribution in [0.1, 0.15) is 18.9 Å². The molecule has 43 heavy (non-hydrogen) atoms. The Morgan fingerprint density at radius 2 is 1.77 bits per heavy atom. The number of anilines is 2. The van der Waals surface area contributed by atoms with Crippen molar-refractivity contribution in [3.8, 4) is 22.8 Å². The molecule has 2 aromatic carbocycles. The molecule has 0 unspecified atom stereocenters. The standard InChI is InChI=1S/C33H35N8O2/c1-23(20-39-18-15-25(16-19-39)38(2)3)33(42)40-17-7-8-26(21-40)41-32-29(31(34)35-22-36-32)30(37-41)24-11-13-28(14-12-24)43-27-9-5-4-6-10-27/h4-6,9-16,18-19,22,26H,1,7-8,17,20-21H2,2-3H3,(H2,34,35,36)/q+1/t26-/m1/s1. The Bertz CT molecular complexity index is 1750. The lowest BCUT2D eigenvalue weighted by molar-refractivity contribution is -0.688. The van der Waals surface area contributed by atoms with Gasteiger partial charge in [0, 0.05) is 50.6 Å². The second-order valence-corrected chi connectivity index (χ2v) is 11.0. The zero-order valence-electron chi connectivity index (χ0n) is 24.4. The second kappa shape index (κ2) is 11.9. The molecule has 1 aliphatic heterocycles. The van der Waals surface area contributed by atoms with Crippen molar-refractivity contribution >= 4 is 28.4 Å². The van der Waals surface area contributed by atoms with Gasteiger partial charge in [0.25, 0.3) is 5.91 Å². The lowest BCUT2D eigenvalue weighted by atomic mass is 10.0. The minimum atomic E-state index is -0.0660. The van der Waals surface area contributed by atoms with E-state index in [0.29, 0.717) is 47.8 Å². The maximum absolute atomic E-state index is 13.5. The maximum Gasteiger partial charge on any atom is 0.255 e. The van der Waals surface area contributed by atoms with Crippen LogP contribution in [0.3, 0.4) is 0 Å². The summed E-state index contributed by atoms with van der Waals surface area (Å²) in [6.45, 7) is 5.73. The minimum absolute atomic E-state index is 0.0475. The van der Waals surface area contributed by atoms with Gasteiger partial charge in [0.2, 0.25) is 0 Å². The monoisotopic (exact) mass is 575 g/mol. The van der Waals surface area contributed by atoms with Crippen LogP contribution >= 0.6 is 0 Å². The SMILES string of the molecule is C=C(C[n+]1ccc(N(C)C)cc1)C(=O)N1CCC[C@@H](n2nc(-c3ccc(Oc4ccccc4)cc3)c3c(N)ncnc32)C1. The number of piperidine rings is 1. The van der Waals surface area contributed by atoms with Crippen LogP contribution in [0.2, 0.25) is 0 Å². The van der Waals surface area contributed by atoms with E-state index in [1.807, 2.05) is 112 Å². The molecule has 218 valence electrons. The molecule has 10 nitrogen and oxygen atoms in total. The van der Waals surface area contributed by atoms with Crippen LogP contribution in [0.4, 0.5) is 11.5 Å². The quantitative estimate of drug-likeness (QED) is 0.212. The zero-order chi connectivity index (χ0) is 29.9. The number of nitrogen functional groups attached to an aromatic ring is 1. The first kappa shape index (κ1) is 27.9. The van der Waals surface area contributed by atoms with E-state index < -0.39 is 0 Å². The van der Waals surface area contributed by atoms with E-state index in [1.165, 1.54) is 6.33 Å². The molecule has 0 saturated carbocycles. The molecule has 6 rings (SSSR count). The maximum atomic E-state index is 13.5. The van der Waals surface area contributed by atoms with Gasteiger partial charge in [-0.1, -0.05) is 24.8 Å². The molecule has 0 spiro atoms. The number of nitrogens with zero attached hydrogens (tertiary/aromatic N) is 7. The molecule has 4 heterocycles. The van der Waals surface area contributed by atoms with Crippen LogP contribution in [-0.2, 0) is 11.3 Å². The fourth-order valence-corrected chi connectivity index (χ4v) is 5.46. The van der Waals surface area contributed by atoms with Crippen molar-refractivity contribution in [2.45, 2.75) is 25.4 Å². The number of para-hydroxylation sites is 1. The first-order valence-electron chi connectivity index (χ1n) is 14.3. The van der Waals surface area contributed by atoms with Gasteiger partial charge in [-0.3, -0.25) is 4.79 Å². The lowest BCUT2D eigenvalue weighted by Gasteiger charge is -2.33. The molecule has 1 saturated heterocycles. The molecule has 1 amide bonds. The van der Waals surface area contributed by atoms with Crippen molar-refractivity contribution in [3.63, 3.8) is 0 Å². The van der Waals surface area contributed by atoms with Crippen molar-refractivity contribution in [3.05, 3.63) is 97.6 Å². The van der Waals surface area contributed by atoms with E-state index in [4.69, 9.17) is 15.6 Å². The lowest BCUT2D eigenvalue weighted by Crippen LogP contribution is -2.44. The predicted molar refractivity (Wildman–Crippen MR) is 167 cm³/mol. The predicted octanol–water partition coefficient (Wildman–Crippen LogP) is 4.64. The summed E-state index contributed by atoms with van der Waals surface area (Å²) in [5.74, 6) is 1.80. The van der Waals surface area contributed by atoms with Crippen LogP contribution in [0.25, 0.3) is 22.3 Å². The average molecular weight is 576 g/mol. The van der Waals surface area contributed by atoms with Gasteiger partial charge in [0.15, 0.2) is 24.6 Å². The third-order valence-electron chi connectivity index (χ3n) is 7.72. The Morgan fingerprint density at radius 3 is 2.49 bits per heavy atom. The Kier molecular flexibility index (Phi) is 7.74. The number of hydrogen-bond donors (Lipinski definition) is 1. The molecule has 3 aromatic heterocycles. The molecular weight excluding hydrogens is 540 g/mol. The van der Waals surface area contributed by atoms with Crippen molar-refractivity contribution in [2.24, 2.45) is 0 Å². The summed E-state index contributed by atoms with van der Waals surface area (Å²) in [5.41, 5.74) is 10.2. The van der Waals surface area contributed by atoms with Gasteiger partial charge in [0.05, 0.1) is 17.0 Å². The van der Waals surface area contributed by atoms with Crippen molar-refractivity contribution in [1.82, 2.24) is 24.6 Å². The summed E-state index contributed by atoms with van der Waals surface area (Å²) >= 11 is 0. The second-order valence-electron chi connectivity index (χ2n) is 11.0. The van der Waals surface area contributed by atoms with E-state index >= 15 is 0 Å². The molecule has 1 atom stereocenters. The fraction of sp³-hybridized carbons (Fsp3) is 0.242. The number of benzene rings is 2. The Balaban J connectivity index is 1.22. The number of pyridine rings is 1. The van der Waals surface area contributed by atoms with Gasteiger partial charge in [-0.15, -0.1) is 0 Å². The van der Waals surface area contributed by atoms with Crippen LogP contribution in [0, 0.1) is 0 Å². The van der Waals surface area contributed by atoms with E-state index in [-0.39, 0.29) is 11.9 Å². The number of ether oxygens (including phenoxy) is 1. The van der Waals surface area contributed by atoms with Crippen LogP contribution in [0.15, 0.2) is 97.6 Å². The number of fused-ring (bicyclic) bond motifs is 1. The van der Waals surface area contributed by atoms with Crippen LogP contribution in [-0.4, -0.2) is 57.7 Å². The van der Waals surface area contributed by atoms with E-state index in [1.54, 1.807) is 0 Å². The molecule has 10 heteroatoms. The number of carbonyl (C=O) groups is 1. The van der Waals surface area contributed by atoms with Crippen LogP contribution in [0.5, 0.6) is 11.5 Å². The molecule has 1 fully saturated rings. The van der Waals surface area contributed by atoms with E-state index in [9.17, 15) is 4.79 Å². The highest BCUT2D eigenvalue weighted by molar-refractivity contribution is 5.98. The third kappa shape index (κ3) is 5.90. The van der Waals surface area contributed by atoms with Crippen molar-refractivity contribution in [2.75, 3.05) is 37.8 Å². The van der Waals surface area contributed by atoms with Gasteiger partial charge >= 0.3 is 0 Å². The number of carbonyl (C=O) groups excluding carboxylic acids is 1. The summed E-state index contributed by atoms with van der Waals surface area (Å²) in [6.07, 6.45) is 7.10. The first-order chi connectivity index (χ1) is 20.9. The average Bonchev–Trinajstić information content (AvgIpc) is 3.43. The normalized spacial score (nSPS) is 14.9. The molecule has 0 bridgehead atoms. The fourth-order valence-electron chi connectivity index (χ4n) is 5.46. The van der Waals surface area contributed by atoms with Gasteiger partial charge in [-0.2, -0.15) is 5.10 Å². The Labute approximate surface area is 250 Å². The summed E-state index contributed by atoms with van der Waals surface area (Å²) in [4.78, 5) is 26.2. The van der Waals surface area contributed by atoms with Crippen LogP contribution < -0.4 is 19.9 Å². The molecular formula is C33H35N8O2+. The zero-order valence-corrected chi connectivity index (χ0v) is 24.4.